The molecule has 4 rings (SSSR count). The second-order valence-corrected chi connectivity index (χ2v) is 10.5. The van der Waals surface area contributed by atoms with Crippen molar-refractivity contribution in [3.05, 3.63) is 115 Å². The van der Waals surface area contributed by atoms with Gasteiger partial charge in [-0.3, -0.25) is 0 Å². The molecule has 0 aromatic heterocycles. The SMILES string of the molecule is c1ccc(-c2ccc(PCCP(c3ccccc3)c3ccccc3)cc2)cc1. The van der Waals surface area contributed by atoms with Gasteiger partial charge in [0.05, 0.1) is 0 Å². The lowest BCUT2D eigenvalue weighted by atomic mass is 10.1. The number of hydrogen-bond acceptors (Lipinski definition) is 0. The fraction of sp³-hybridized carbons (Fsp3) is 0.0769. The maximum Gasteiger partial charge on any atom is -0.0184 e. The van der Waals surface area contributed by atoms with Crippen LogP contribution in [0.25, 0.3) is 11.1 Å². The van der Waals surface area contributed by atoms with Crippen LogP contribution >= 0.6 is 16.5 Å². The molecular formula is C26H24P2. The van der Waals surface area contributed by atoms with Crippen LogP contribution in [0.3, 0.4) is 0 Å². The van der Waals surface area contributed by atoms with Crippen LogP contribution in [0.15, 0.2) is 115 Å². The summed E-state index contributed by atoms with van der Waals surface area (Å²) in [5.74, 6) is 0. The molecule has 0 spiro atoms. The standard InChI is InChI=1S/C26H24P2/c1-4-10-22(11-5-1)23-16-18-24(19-17-23)27-20-21-28(25-12-6-2-7-13-25)26-14-8-3-9-15-26/h1-19,27H,20-21H2. The molecule has 0 aliphatic rings. The van der Waals surface area contributed by atoms with Gasteiger partial charge in [0.15, 0.2) is 0 Å². The molecule has 0 saturated heterocycles. The molecule has 0 aliphatic carbocycles. The molecular weight excluding hydrogens is 374 g/mol. The van der Waals surface area contributed by atoms with E-state index in [4.69, 9.17) is 0 Å². The zero-order chi connectivity index (χ0) is 19.0. The Hall–Kier alpha value is -2.26. The Labute approximate surface area is 171 Å². The van der Waals surface area contributed by atoms with Crippen molar-refractivity contribution in [1.82, 2.24) is 0 Å². The van der Waals surface area contributed by atoms with Crippen molar-refractivity contribution in [2.45, 2.75) is 0 Å². The van der Waals surface area contributed by atoms with Crippen molar-refractivity contribution < 1.29 is 0 Å². The highest BCUT2D eigenvalue weighted by Crippen LogP contribution is 2.35. The van der Waals surface area contributed by atoms with E-state index in [9.17, 15) is 0 Å². The highest BCUT2D eigenvalue weighted by Gasteiger charge is 2.12. The number of rotatable bonds is 7. The van der Waals surface area contributed by atoms with Crippen LogP contribution < -0.4 is 15.9 Å². The zero-order valence-corrected chi connectivity index (χ0v) is 17.7. The lowest BCUT2D eigenvalue weighted by molar-refractivity contribution is 1.52. The second-order valence-electron chi connectivity index (χ2n) is 6.69. The molecule has 0 N–H and O–H groups in total. The topological polar surface area (TPSA) is 0 Å². The van der Waals surface area contributed by atoms with Crippen LogP contribution in [-0.4, -0.2) is 12.3 Å². The summed E-state index contributed by atoms with van der Waals surface area (Å²) in [7, 11) is 0.575. The summed E-state index contributed by atoms with van der Waals surface area (Å²) in [6.07, 6.45) is 2.47. The molecule has 0 bridgehead atoms. The van der Waals surface area contributed by atoms with E-state index in [0.717, 1.165) is 8.58 Å². The number of benzene rings is 4. The first-order valence-electron chi connectivity index (χ1n) is 9.67. The second kappa shape index (κ2) is 9.79. The molecule has 4 aromatic rings. The average Bonchev–Trinajstić information content (AvgIpc) is 2.79. The van der Waals surface area contributed by atoms with E-state index in [-0.39, 0.29) is 7.92 Å². The minimum Gasteiger partial charge on any atom is -0.0900 e. The average molecular weight is 398 g/mol. The Kier molecular flexibility index (Phi) is 6.67. The Morgan fingerprint density at radius 2 is 0.964 bits per heavy atom. The highest BCUT2D eigenvalue weighted by molar-refractivity contribution is 7.73. The summed E-state index contributed by atoms with van der Waals surface area (Å²) in [6, 6.07) is 41.8. The summed E-state index contributed by atoms with van der Waals surface area (Å²) >= 11 is 0. The largest absolute Gasteiger partial charge is 0.0900 e. The van der Waals surface area contributed by atoms with Gasteiger partial charge in [-0.2, -0.15) is 0 Å². The van der Waals surface area contributed by atoms with Gasteiger partial charge in [-0.1, -0.05) is 124 Å². The maximum atomic E-state index is 2.30. The molecule has 0 saturated carbocycles. The Morgan fingerprint density at radius 1 is 0.500 bits per heavy atom. The molecule has 0 fully saturated rings. The fourth-order valence-corrected chi connectivity index (χ4v) is 7.26. The van der Waals surface area contributed by atoms with E-state index in [0.29, 0.717) is 0 Å². The van der Waals surface area contributed by atoms with Crippen molar-refractivity contribution in [2.75, 3.05) is 12.3 Å². The van der Waals surface area contributed by atoms with Gasteiger partial charge in [-0.25, -0.2) is 0 Å². The van der Waals surface area contributed by atoms with Crippen LogP contribution in [0, 0.1) is 0 Å². The van der Waals surface area contributed by atoms with Gasteiger partial charge in [-0.05, 0) is 47.3 Å². The van der Waals surface area contributed by atoms with Crippen molar-refractivity contribution in [2.24, 2.45) is 0 Å². The van der Waals surface area contributed by atoms with Crippen LogP contribution in [0.2, 0.25) is 0 Å². The van der Waals surface area contributed by atoms with E-state index >= 15 is 0 Å². The smallest absolute Gasteiger partial charge is 0.0184 e. The molecule has 2 heteroatoms. The van der Waals surface area contributed by atoms with E-state index in [2.05, 4.69) is 115 Å². The van der Waals surface area contributed by atoms with Crippen LogP contribution in [0.1, 0.15) is 0 Å². The molecule has 0 amide bonds. The molecule has 1 atom stereocenters. The third-order valence-corrected chi connectivity index (χ3v) is 8.97. The van der Waals surface area contributed by atoms with Crippen LogP contribution in [-0.2, 0) is 0 Å². The Bertz CT molecular complexity index is 926. The highest BCUT2D eigenvalue weighted by atomic mass is 31.1. The van der Waals surface area contributed by atoms with Crippen molar-refractivity contribution in [1.29, 1.82) is 0 Å². The van der Waals surface area contributed by atoms with Gasteiger partial charge in [0.1, 0.15) is 0 Å². The summed E-state index contributed by atoms with van der Waals surface area (Å²) in [5.41, 5.74) is 2.58. The predicted molar refractivity (Wildman–Crippen MR) is 129 cm³/mol. The van der Waals surface area contributed by atoms with Gasteiger partial charge in [-0.15, -0.1) is 0 Å². The first kappa shape index (κ1) is 19.1. The monoisotopic (exact) mass is 398 g/mol. The molecule has 0 nitrogen and oxygen atoms in total. The Morgan fingerprint density at radius 3 is 1.50 bits per heavy atom. The predicted octanol–water partition coefficient (Wildman–Crippen LogP) is 5.79. The fourth-order valence-electron chi connectivity index (χ4n) is 3.35. The minimum atomic E-state index is -0.283. The van der Waals surface area contributed by atoms with Crippen molar-refractivity contribution in [3.8, 4) is 11.1 Å². The summed E-state index contributed by atoms with van der Waals surface area (Å²) in [6.45, 7) is 0. The van der Waals surface area contributed by atoms with Gasteiger partial charge >= 0.3 is 0 Å². The van der Waals surface area contributed by atoms with E-state index in [1.165, 1.54) is 39.4 Å². The van der Waals surface area contributed by atoms with Gasteiger partial charge in [0.25, 0.3) is 0 Å². The van der Waals surface area contributed by atoms with E-state index < -0.39 is 0 Å². The first-order valence-corrected chi connectivity index (χ1v) is 12.4. The first-order chi connectivity index (χ1) is 13.9. The molecule has 1 unspecified atom stereocenters. The van der Waals surface area contributed by atoms with Crippen molar-refractivity contribution >= 4 is 32.4 Å². The normalized spacial score (nSPS) is 11.3. The quantitative estimate of drug-likeness (QED) is 0.346. The summed E-state index contributed by atoms with van der Waals surface area (Å²) in [5, 5.41) is 4.41. The van der Waals surface area contributed by atoms with Gasteiger partial charge in [0, 0.05) is 0 Å². The van der Waals surface area contributed by atoms with Crippen LogP contribution in [0.4, 0.5) is 0 Å². The molecule has 138 valence electrons. The van der Waals surface area contributed by atoms with E-state index in [1.54, 1.807) is 0 Å². The summed E-state index contributed by atoms with van der Waals surface area (Å²) in [4.78, 5) is 0. The lowest BCUT2D eigenvalue weighted by Crippen LogP contribution is -2.15. The van der Waals surface area contributed by atoms with E-state index in [1.807, 2.05) is 0 Å². The lowest BCUT2D eigenvalue weighted by Gasteiger charge is -2.18. The molecule has 28 heavy (non-hydrogen) atoms. The van der Waals surface area contributed by atoms with Gasteiger partial charge < -0.3 is 0 Å². The van der Waals surface area contributed by atoms with Crippen LogP contribution in [0.5, 0.6) is 0 Å². The van der Waals surface area contributed by atoms with Gasteiger partial charge in [0.2, 0.25) is 0 Å². The van der Waals surface area contributed by atoms with Crippen molar-refractivity contribution in [3.63, 3.8) is 0 Å². The molecule has 0 aliphatic heterocycles. The third-order valence-electron chi connectivity index (χ3n) is 4.79. The number of hydrogen-bond donors (Lipinski definition) is 0. The summed E-state index contributed by atoms with van der Waals surface area (Å²) < 4.78 is 0. The molecule has 0 heterocycles. The molecule has 0 radical (unpaired) electrons. The third kappa shape index (κ3) is 4.96. The minimum absolute atomic E-state index is 0.283. The Balaban J connectivity index is 1.42. The maximum absolute atomic E-state index is 2.30. The zero-order valence-electron chi connectivity index (χ0n) is 15.8. The molecule has 4 aromatic carbocycles.